The molecule has 0 unspecified atom stereocenters. The molecule has 0 N–H and O–H groups in total. The lowest BCUT2D eigenvalue weighted by molar-refractivity contribution is -0.00842. The molecule has 0 saturated carbocycles. The maximum absolute atomic E-state index is 12.7. The highest BCUT2D eigenvalue weighted by Gasteiger charge is 2.34. The Labute approximate surface area is 284 Å². The number of esters is 1. The second-order valence-electron chi connectivity index (χ2n) is 11.8. The van der Waals surface area contributed by atoms with Crippen LogP contribution in [-0.2, 0) is 23.7 Å². The first-order chi connectivity index (χ1) is 23.6. The molecule has 0 fully saturated rings. The van der Waals surface area contributed by atoms with Crippen molar-refractivity contribution in [3.63, 3.8) is 0 Å². The molecule has 4 rings (SSSR count). The van der Waals surface area contributed by atoms with Crippen LogP contribution in [0.2, 0.25) is 0 Å². The number of rotatable bonds is 14. The van der Waals surface area contributed by atoms with Crippen molar-refractivity contribution in [1.29, 1.82) is 0 Å². The van der Waals surface area contributed by atoms with Crippen LogP contribution in [-0.4, -0.2) is 102 Å². The highest BCUT2D eigenvalue weighted by Crippen LogP contribution is 2.29. The van der Waals surface area contributed by atoms with Crippen molar-refractivity contribution in [3.05, 3.63) is 59.2 Å². The molecule has 48 heavy (non-hydrogen) atoms. The predicted molar refractivity (Wildman–Crippen MR) is 179 cm³/mol. The molecular weight excluding hydrogens is 618 g/mol. The molecule has 0 radical (unpaired) electrons. The summed E-state index contributed by atoms with van der Waals surface area (Å²) in [6.45, 7) is 5.16. The Balaban J connectivity index is 1.03. The average Bonchev–Trinajstić information content (AvgIpc) is 3.34. The Hall–Kier alpha value is -3.51. The minimum absolute atomic E-state index is 0.168. The summed E-state index contributed by atoms with van der Waals surface area (Å²) in [5.74, 6) is 0.255. The molecule has 0 bridgehead atoms. The summed E-state index contributed by atoms with van der Waals surface area (Å²) in [5, 5.41) is 0. The van der Waals surface area contributed by atoms with E-state index in [1.165, 1.54) is 17.7 Å². The van der Waals surface area contributed by atoms with E-state index in [-0.39, 0.29) is 17.8 Å². The third-order valence-corrected chi connectivity index (χ3v) is 8.15. The molecule has 2 aromatic rings. The van der Waals surface area contributed by atoms with Gasteiger partial charge in [0, 0.05) is 6.54 Å². The molecule has 264 valence electrons. The quantitative estimate of drug-likeness (QED) is 0.137. The average molecular weight is 670 g/mol. The van der Waals surface area contributed by atoms with Crippen LogP contribution in [0.25, 0.3) is 0 Å². The van der Waals surface area contributed by atoms with E-state index in [1.54, 1.807) is 42.5 Å². The number of amides is 2. The highest BCUT2D eigenvalue weighted by molar-refractivity contribution is 6.21. The molecular formula is C37H51NO10. The number of carbonyl (C=O) groups is 3. The largest absolute Gasteiger partial charge is 0.487 e. The Morgan fingerprint density at radius 3 is 1.56 bits per heavy atom. The smallest absolute Gasteiger partial charge is 0.338 e. The van der Waals surface area contributed by atoms with Gasteiger partial charge >= 0.3 is 5.97 Å². The number of benzene rings is 2. The van der Waals surface area contributed by atoms with E-state index in [9.17, 15) is 14.4 Å². The Morgan fingerprint density at radius 1 is 0.562 bits per heavy atom. The van der Waals surface area contributed by atoms with Crippen LogP contribution in [0.15, 0.2) is 42.5 Å². The van der Waals surface area contributed by atoms with Gasteiger partial charge in [-0.15, -0.1) is 0 Å². The van der Waals surface area contributed by atoms with Gasteiger partial charge in [-0.1, -0.05) is 63.5 Å². The van der Waals surface area contributed by atoms with Crippen molar-refractivity contribution in [2.24, 2.45) is 0 Å². The van der Waals surface area contributed by atoms with Crippen molar-refractivity contribution in [2.75, 3.05) is 79.2 Å². The van der Waals surface area contributed by atoms with E-state index in [1.807, 2.05) is 0 Å². The van der Waals surface area contributed by atoms with E-state index in [0.29, 0.717) is 107 Å². The molecule has 2 aromatic carbocycles. The summed E-state index contributed by atoms with van der Waals surface area (Å²) in [6.07, 6.45) is 10.5. The van der Waals surface area contributed by atoms with Crippen LogP contribution in [0.4, 0.5) is 0 Å². The molecule has 2 aliphatic rings. The highest BCUT2D eigenvalue weighted by atomic mass is 16.6. The monoisotopic (exact) mass is 669 g/mol. The number of hydrogen-bond acceptors (Lipinski definition) is 10. The molecule has 2 heterocycles. The predicted octanol–water partition coefficient (Wildman–Crippen LogP) is 5.88. The Kier molecular flexibility index (Phi) is 17.2. The zero-order valence-electron chi connectivity index (χ0n) is 28.1. The summed E-state index contributed by atoms with van der Waals surface area (Å²) in [4.78, 5) is 39.0. The number of fused-ring (bicyclic) bond motifs is 2. The molecule has 2 aliphatic heterocycles. The van der Waals surface area contributed by atoms with Gasteiger partial charge in [0.2, 0.25) is 0 Å². The van der Waals surface area contributed by atoms with Crippen molar-refractivity contribution < 1.29 is 47.5 Å². The molecule has 0 aromatic heterocycles. The van der Waals surface area contributed by atoms with E-state index < -0.39 is 0 Å². The van der Waals surface area contributed by atoms with Gasteiger partial charge in [-0.05, 0) is 43.2 Å². The fraction of sp³-hybridized carbons (Fsp3) is 0.595. The zero-order valence-corrected chi connectivity index (χ0v) is 28.1. The first-order valence-electron chi connectivity index (χ1n) is 17.5. The van der Waals surface area contributed by atoms with Crippen molar-refractivity contribution in [1.82, 2.24) is 4.90 Å². The minimum atomic E-state index is -0.388. The molecule has 0 spiro atoms. The van der Waals surface area contributed by atoms with Crippen LogP contribution < -0.4 is 9.47 Å². The van der Waals surface area contributed by atoms with Gasteiger partial charge in [0.05, 0.1) is 76.2 Å². The van der Waals surface area contributed by atoms with Gasteiger partial charge in [0.25, 0.3) is 11.8 Å². The second kappa shape index (κ2) is 22.2. The lowest BCUT2D eigenvalue weighted by Crippen LogP contribution is -2.30. The molecule has 0 aliphatic carbocycles. The van der Waals surface area contributed by atoms with Crippen LogP contribution in [0.1, 0.15) is 95.3 Å². The lowest BCUT2D eigenvalue weighted by Gasteiger charge is -2.15. The number of nitrogens with zero attached hydrogens (tertiary/aromatic N) is 1. The SMILES string of the molecule is O=C(OCCCCCCCCCCCCN1C(=O)c2ccccc2C1=O)c1ccc2c(c1)OCCOCCOCCOCCOCCO2. The van der Waals surface area contributed by atoms with Crippen LogP contribution in [0, 0.1) is 0 Å². The lowest BCUT2D eigenvalue weighted by atomic mass is 10.1. The normalized spacial score (nSPS) is 16.6. The van der Waals surface area contributed by atoms with Gasteiger partial charge in [-0.25, -0.2) is 4.79 Å². The van der Waals surface area contributed by atoms with E-state index >= 15 is 0 Å². The van der Waals surface area contributed by atoms with Crippen LogP contribution >= 0.6 is 0 Å². The first kappa shape index (κ1) is 37.3. The van der Waals surface area contributed by atoms with E-state index in [0.717, 1.165) is 51.4 Å². The third kappa shape index (κ3) is 12.8. The number of hydrogen-bond donors (Lipinski definition) is 0. The summed E-state index contributed by atoms with van der Waals surface area (Å²) < 4.78 is 39.3. The number of unbranched alkanes of at least 4 members (excludes halogenated alkanes) is 9. The number of imide groups is 1. The minimum Gasteiger partial charge on any atom is -0.487 e. The van der Waals surface area contributed by atoms with Gasteiger partial charge < -0.3 is 33.2 Å². The Morgan fingerprint density at radius 2 is 1.02 bits per heavy atom. The molecule has 2 amide bonds. The standard InChI is InChI=1S/C37H51NO10/c39-35-31-13-9-10-14-32(31)36(40)38(35)17-11-7-5-3-1-2-4-6-8-12-18-48-37(41)30-15-16-33-34(29-30)47-28-26-45-24-22-43-20-19-42-21-23-44-25-27-46-33/h9-10,13-16,29H,1-8,11-12,17-28H2. The molecule has 11 heteroatoms. The molecule has 0 saturated heterocycles. The first-order valence-corrected chi connectivity index (χ1v) is 17.5. The van der Waals surface area contributed by atoms with Gasteiger partial charge in [-0.3, -0.25) is 14.5 Å². The van der Waals surface area contributed by atoms with E-state index in [2.05, 4.69) is 0 Å². The topological polar surface area (TPSA) is 119 Å². The molecule has 11 nitrogen and oxygen atoms in total. The molecule has 0 atom stereocenters. The van der Waals surface area contributed by atoms with Crippen molar-refractivity contribution >= 4 is 17.8 Å². The van der Waals surface area contributed by atoms with Gasteiger partial charge in [0.15, 0.2) is 11.5 Å². The number of carbonyl (C=O) groups excluding carboxylic acids is 3. The number of ether oxygens (including phenoxy) is 7. The fourth-order valence-corrected chi connectivity index (χ4v) is 5.53. The van der Waals surface area contributed by atoms with Gasteiger partial charge in [-0.2, -0.15) is 0 Å². The van der Waals surface area contributed by atoms with Crippen molar-refractivity contribution in [2.45, 2.75) is 64.2 Å². The van der Waals surface area contributed by atoms with Crippen LogP contribution in [0.5, 0.6) is 11.5 Å². The maximum Gasteiger partial charge on any atom is 0.338 e. The second-order valence-corrected chi connectivity index (χ2v) is 11.8. The summed E-state index contributed by atoms with van der Waals surface area (Å²) in [7, 11) is 0. The van der Waals surface area contributed by atoms with Gasteiger partial charge in [0.1, 0.15) is 13.2 Å². The third-order valence-electron chi connectivity index (χ3n) is 8.15. The Bertz CT molecular complexity index is 1230. The fourth-order valence-electron chi connectivity index (χ4n) is 5.53. The zero-order chi connectivity index (χ0) is 33.7. The summed E-state index contributed by atoms with van der Waals surface area (Å²) in [6, 6.07) is 12.1. The maximum atomic E-state index is 12.7. The van der Waals surface area contributed by atoms with Crippen LogP contribution in [0.3, 0.4) is 0 Å². The van der Waals surface area contributed by atoms with Crippen molar-refractivity contribution in [3.8, 4) is 11.5 Å². The summed E-state index contributed by atoms with van der Waals surface area (Å²) >= 11 is 0. The van der Waals surface area contributed by atoms with E-state index in [4.69, 9.17) is 33.2 Å². The summed E-state index contributed by atoms with van der Waals surface area (Å²) in [5.41, 5.74) is 1.45.